The first-order chi connectivity index (χ1) is 15.9. The maximum Gasteiger partial charge on any atom is 0.269 e. The van der Waals surface area contributed by atoms with E-state index in [1.807, 2.05) is 56.3 Å². The summed E-state index contributed by atoms with van der Waals surface area (Å²) < 4.78 is 5.23. The first-order valence-electron chi connectivity index (χ1n) is 10.9. The van der Waals surface area contributed by atoms with Gasteiger partial charge >= 0.3 is 0 Å². The second kappa shape index (κ2) is 11.2. The molecule has 7 nitrogen and oxygen atoms in total. The number of pyridine rings is 2. The van der Waals surface area contributed by atoms with Crippen LogP contribution in [0.5, 0.6) is 5.88 Å². The van der Waals surface area contributed by atoms with Crippen LogP contribution in [0, 0.1) is 13.8 Å². The summed E-state index contributed by atoms with van der Waals surface area (Å²) in [4.78, 5) is 36.1. The average molecular weight is 447 g/mol. The average Bonchev–Trinajstić information content (AvgIpc) is 2.82. The first kappa shape index (κ1) is 23.9. The van der Waals surface area contributed by atoms with E-state index in [2.05, 4.69) is 15.3 Å². The molecule has 0 saturated heterocycles. The van der Waals surface area contributed by atoms with Crippen LogP contribution in [-0.2, 0) is 6.42 Å². The van der Waals surface area contributed by atoms with Crippen molar-refractivity contribution in [1.29, 1.82) is 0 Å². The van der Waals surface area contributed by atoms with E-state index in [0.29, 0.717) is 42.2 Å². The number of hydrogen-bond donors (Lipinski definition) is 1. The highest BCUT2D eigenvalue weighted by Gasteiger charge is 2.23. The largest absolute Gasteiger partial charge is 0.481 e. The highest BCUT2D eigenvalue weighted by Crippen LogP contribution is 2.18. The molecular weight excluding hydrogens is 416 g/mol. The molecule has 33 heavy (non-hydrogen) atoms. The van der Waals surface area contributed by atoms with Gasteiger partial charge in [-0.2, -0.15) is 0 Å². The van der Waals surface area contributed by atoms with Crippen molar-refractivity contribution in [3.8, 4) is 5.88 Å². The quantitative estimate of drug-likeness (QED) is 0.543. The summed E-state index contributed by atoms with van der Waals surface area (Å²) >= 11 is 0. The van der Waals surface area contributed by atoms with E-state index in [1.165, 1.54) is 7.11 Å². The first-order valence-corrected chi connectivity index (χ1v) is 10.9. The monoisotopic (exact) mass is 446 g/mol. The molecule has 0 bridgehead atoms. The molecule has 0 saturated carbocycles. The van der Waals surface area contributed by atoms with E-state index < -0.39 is 0 Å². The molecule has 0 aliphatic carbocycles. The fourth-order valence-electron chi connectivity index (χ4n) is 3.67. The number of nitrogens with zero attached hydrogens (tertiary/aromatic N) is 3. The lowest BCUT2D eigenvalue weighted by molar-refractivity contribution is 0.0722. The van der Waals surface area contributed by atoms with E-state index in [1.54, 1.807) is 30.1 Å². The fraction of sp³-hybridized carbons (Fsp3) is 0.308. The molecule has 0 aliphatic rings. The Morgan fingerprint density at radius 3 is 2.45 bits per heavy atom. The Morgan fingerprint density at radius 1 is 1.00 bits per heavy atom. The molecule has 0 spiro atoms. The van der Waals surface area contributed by atoms with Gasteiger partial charge in [0.1, 0.15) is 5.69 Å². The third-order valence-corrected chi connectivity index (χ3v) is 5.45. The summed E-state index contributed by atoms with van der Waals surface area (Å²) in [6.45, 7) is 4.10. The number of methoxy groups -OCH3 is 1. The van der Waals surface area contributed by atoms with Crippen LogP contribution >= 0.6 is 0 Å². The second-order valence-electron chi connectivity index (χ2n) is 8.01. The molecule has 2 amide bonds. The molecule has 1 atom stereocenters. The van der Waals surface area contributed by atoms with Crippen LogP contribution in [0.25, 0.3) is 0 Å². The molecule has 2 aromatic heterocycles. The van der Waals surface area contributed by atoms with Gasteiger partial charge in [0, 0.05) is 42.7 Å². The van der Waals surface area contributed by atoms with Crippen molar-refractivity contribution < 1.29 is 14.3 Å². The van der Waals surface area contributed by atoms with Gasteiger partial charge in [0.2, 0.25) is 5.88 Å². The minimum Gasteiger partial charge on any atom is -0.481 e. The van der Waals surface area contributed by atoms with Crippen LogP contribution in [-0.4, -0.2) is 53.4 Å². The lowest BCUT2D eigenvalue weighted by atomic mass is 10.0. The van der Waals surface area contributed by atoms with E-state index in [9.17, 15) is 9.59 Å². The van der Waals surface area contributed by atoms with E-state index in [0.717, 1.165) is 11.3 Å². The zero-order valence-corrected chi connectivity index (χ0v) is 19.5. The molecule has 3 rings (SSSR count). The smallest absolute Gasteiger partial charge is 0.269 e. The Morgan fingerprint density at radius 2 is 1.76 bits per heavy atom. The molecule has 0 unspecified atom stereocenters. The van der Waals surface area contributed by atoms with Gasteiger partial charge in [-0.25, -0.2) is 9.97 Å². The van der Waals surface area contributed by atoms with Crippen molar-refractivity contribution in [1.82, 2.24) is 20.2 Å². The minimum atomic E-state index is -0.222. The summed E-state index contributed by atoms with van der Waals surface area (Å²) in [6.07, 6.45) is 1.26. The molecule has 7 heteroatoms. The van der Waals surface area contributed by atoms with Gasteiger partial charge in [-0.3, -0.25) is 9.59 Å². The van der Waals surface area contributed by atoms with Crippen molar-refractivity contribution in [3.05, 3.63) is 88.9 Å². The van der Waals surface area contributed by atoms with Crippen molar-refractivity contribution >= 4 is 11.8 Å². The molecule has 3 aromatic rings. The van der Waals surface area contributed by atoms with Gasteiger partial charge in [0.25, 0.3) is 11.8 Å². The van der Waals surface area contributed by atoms with Crippen LogP contribution < -0.4 is 10.1 Å². The number of amides is 2. The second-order valence-corrected chi connectivity index (χ2v) is 8.01. The van der Waals surface area contributed by atoms with Crippen LogP contribution in [0.2, 0.25) is 0 Å². The van der Waals surface area contributed by atoms with Crippen LogP contribution in [0.4, 0.5) is 0 Å². The molecule has 2 heterocycles. The number of hydrogen-bond acceptors (Lipinski definition) is 5. The van der Waals surface area contributed by atoms with Gasteiger partial charge in [-0.05, 0) is 50.5 Å². The van der Waals surface area contributed by atoms with Crippen molar-refractivity contribution in [2.24, 2.45) is 0 Å². The van der Waals surface area contributed by atoms with Crippen LogP contribution in [0.3, 0.4) is 0 Å². The SMILES string of the molecule is COc1cc(C(=O)N(C)[C@H](CCNC(=O)c2cccc(C)n2)Cc2ccccc2)cc(C)n1. The fourth-order valence-corrected chi connectivity index (χ4v) is 3.67. The topological polar surface area (TPSA) is 84.4 Å². The van der Waals surface area contributed by atoms with Crippen molar-refractivity contribution in [2.75, 3.05) is 20.7 Å². The Balaban J connectivity index is 1.73. The standard InChI is InChI=1S/C26H30N4O3/c1-18-9-8-12-23(28-18)25(31)27-14-13-22(16-20-10-6-5-7-11-20)30(3)26(32)21-15-19(2)29-24(17-21)33-4/h5-12,15,17,22H,13-14,16H2,1-4H3,(H,27,31)/t22-/m1/s1. The Labute approximate surface area is 194 Å². The number of rotatable bonds is 9. The third-order valence-electron chi connectivity index (χ3n) is 5.45. The minimum absolute atomic E-state index is 0.119. The Bertz CT molecular complexity index is 1100. The van der Waals surface area contributed by atoms with Gasteiger partial charge in [-0.1, -0.05) is 36.4 Å². The zero-order valence-electron chi connectivity index (χ0n) is 19.5. The maximum atomic E-state index is 13.3. The van der Waals surface area contributed by atoms with E-state index in [-0.39, 0.29) is 17.9 Å². The highest BCUT2D eigenvalue weighted by molar-refractivity contribution is 5.94. The van der Waals surface area contributed by atoms with E-state index >= 15 is 0 Å². The number of aromatic nitrogens is 2. The molecule has 1 aromatic carbocycles. The lowest BCUT2D eigenvalue weighted by Gasteiger charge is -2.29. The molecule has 172 valence electrons. The highest BCUT2D eigenvalue weighted by atomic mass is 16.5. The van der Waals surface area contributed by atoms with Gasteiger partial charge < -0.3 is 15.0 Å². The van der Waals surface area contributed by atoms with Crippen molar-refractivity contribution in [3.63, 3.8) is 0 Å². The molecule has 1 N–H and O–H groups in total. The third kappa shape index (κ3) is 6.62. The maximum absolute atomic E-state index is 13.3. The van der Waals surface area contributed by atoms with Gasteiger partial charge in [0.15, 0.2) is 0 Å². The number of carbonyl (C=O) groups is 2. The zero-order chi connectivity index (χ0) is 23.8. The van der Waals surface area contributed by atoms with Crippen LogP contribution in [0.15, 0.2) is 60.7 Å². The van der Waals surface area contributed by atoms with Gasteiger partial charge in [0.05, 0.1) is 7.11 Å². The molecule has 0 fully saturated rings. The Kier molecular flexibility index (Phi) is 8.13. The molecule has 0 radical (unpaired) electrons. The Hall–Kier alpha value is -3.74. The number of nitrogens with one attached hydrogen (secondary N) is 1. The number of aryl methyl sites for hydroxylation is 2. The van der Waals surface area contributed by atoms with Crippen LogP contribution in [0.1, 0.15) is 44.2 Å². The predicted molar refractivity (Wildman–Crippen MR) is 127 cm³/mol. The summed E-state index contributed by atoms with van der Waals surface area (Å²) in [7, 11) is 3.33. The summed E-state index contributed by atoms with van der Waals surface area (Å²) in [5, 5.41) is 2.93. The number of carbonyl (C=O) groups excluding carboxylic acids is 2. The van der Waals surface area contributed by atoms with E-state index in [4.69, 9.17) is 4.74 Å². The lowest BCUT2D eigenvalue weighted by Crippen LogP contribution is -2.41. The predicted octanol–water partition coefficient (Wildman–Crippen LogP) is 3.61. The summed E-state index contributed by atoms with van der Waals surface area (Å²) in [6, 6.07) is 18.7. The number of ether oxygens (including phenoxy) is 1. The summed E-state index contributed by atoms with van der Waals surface area (Å²) in [5.41, 5.74) is 3.53. The molecular formula is C26H30N4O3. The molecule has 0 aliphatic heterocycles. The summed E-state index contributed by atoms with van der Waals surface area (Å²) in [5.74, 6) is 0.0660. The van der Waals surface area contributed by atoms with Crippen molar-refractivity contribution in [2.45, 2.75) is 32.7 Å². The number of likely N-dealkylation sites (N-methyl/N-ethyl adjacent to an activating group) is 1. The normalized spacial score (nSPS) is 11.5. The van der Waals surface area contributed by atoms with Gasteiger partial charge in [-0.15, -0.1) is 0 Å². The number of benzene rings is 1.